The number of alkyl carbamates (subject to hydrolysis) is 1. The molecule has 9 nitrogen and oxygen atoms in total. The molecule has 0 aliphatic rings. The third kappa shape index (κ3) is 8.67. The van der Waals surface area contributed by atoms with E-state index in [9.17, 15) is 19.5 Å². The van der Waals surface area contributed by atoms with Crippen LogP contribution >= 0.6 is 31.9 Å². The van der Waals surface area contributed by atoms with Crippen LogP contribution in [-0.4, -0.2) is 36.2 Å². The van der Waals surface area contributed by atoms with Crippen LogP contribution in [0.1, 0.15) is 34.9 Å². The summed E-state index contributed by atoms with van der Waals surface area (Å²) >= 11 is 6.67. The number of nitrogen functional groups attached to an aromatic ring is 1. The first-order valence-electron chi connectivity index (χ1n) is 11.8. The van der Waals surface area contributed by atoms with Gasteiger partial charge in [0.05, 0.1) is 22.0 Å². The maximum absolute atomic E-state index is 12.7. The number of allylic oxidation sites excluding steroid dienone is 1. The number of aromatic hydroxyl groups is 1. The molecular formula is C28H27Br2N3O6. The lowest BCUT2D eigenvalue weighted by Crippen LogP contribution is -2.35. The number of carbonyl (C=O) groups excluding carboxylic acids is 3. The number of rotatable bonds is 10. The maximum atomic E-state index is 12.7. The molecule has 3 aromatic carbocycles. The van der Waals surface area contributed by atoms with Crippen LogP contribution in [0.2, 0.25) is 0 Å². The molecule has 39 heavy (non-hydrogen) atoms. The Balaban J connectivity index is 1.73. The quantitative estimate of drug-likeness (QED) is 0.152. The van der Waals surface area contributed by atoms with Gasteiger partial charge in [0, 0.05) is 22.7 Å². The van der Waals surface area contributed by atoms with Crippen molar-refractivity contribution < 1.29 is 29.0 Å². The minimum atomic E-state index is -1.10. The first-order chi connectivity index (χ1) is 18.7. The summed E-state index contributed by atoms with van der Waals surface area (Å²) in [5, 5.41) is 15.6. The van der Waals surface area contributed by atoms with Gasteiger partial charge in [-0.2, -0.15) is 0 Å². The van der Waals surface area contributed by atoms with Crippen LogP contribution in [0.5, 0.6) is 5.75 Å². The number of anilines is 2. The second kappa shape index (κ2) is 14.5. The van der Waals surface area contributed by atoms with Crippen molar-refractivity contribution in [3.8, 4) is 5.75 Å². The van der Waals surface area contributed by atoms with Crippen LogP contribution < -0.4 is 16.4 Å². The second-order valence-corrected chi connectivity index (χ2v) is 10.1. The summed E-state index contributed by atoms with van der Waals surface area (Å²) in [6, 6.07) is 18.3. The van der Waals surface area contributed by atoms with Crippen molar-refractivity contribution in [2.24, 2.45) is 0 Å². The number of methoxy groups -OCH3 is 1. The number of ether oxygens (including phenoxy) is 2. The standard InChI is InChI=1S/C28H27Br2N3O6/c1-38-23(13-7-8-14-24(34)32-22-12-6-5-11-21(22)31)26(19-15-18(29)16-20(30)25(19)35)39-28(37)33-27(36)17-9-3-2-4-10-17/h2-6,8-12,14-16,23,26,35H,7,13,31H2,1H3,(H,32,34)(H,33,36,37)/b14-8+/t23-,26-/m0/s1. The van der Waals surface area contributed by atoms with Crippen LogP contribution in [0.3, 0.4) is 0 Å². The van der Waals surface area contributed by atoms with Gasteiger partial charge in [-0.15, -0.1) is 0 Å². The summed E-state index contributed by atoms with van der Waals surface area (Å²) in [5.74, 6) is -1.15. The minimum Gasteiger partial charge on any atom is -0.506 e. The van der Waals surface area contributed by atoms with E-state index in [1.54, 1.807) is 72.8 Å². The lowest BCUT2D eigenvalue weighted by molar-refractivity contribution is -0.111. The van der Waals surface area contributed by atoms with Crippen molar-refractivity contribution in [2.45, 2.75) is 25.0 Å². The number of nitrogens with two attached hydrogens (primary N) is 1. The third-order valence-electron chi connectivity index (χ3n) is 5.60. The highest BCUT2D eigenvalue weighted by Crippen LogP contribution is 2.39. The number of benzene rings is 3. The highest BCUT2D eigenvalue weighted by Gasteiger charge is 2.31. The largest absolute Gasteiger partial charge is 0.506 e. The average Bonchev–Trinajstić information content (AvgIpc) is 2.91. The molecule has 0 saturated heterocycles. The van der Waals surface area contributed by atoms with Gasteiger partial charge in [-0.1, -0.05) is 52.3 Å². The Morgan fingerprint density at radius 2 is 1.74 bits per heavy atom. The van der Waals surface area contributed by atoms with Crippen LogP contribution in [-0.2, 0) is 14.3 Å². The fraction of sp³-hybridized carbons (Fsp3) is 0.179. The summed E-state index contributed by atoms with van der Waals surface area (Å²) in [6.07, 6.45) is 0.840. The van der Waals surface area contributed by atoms with Gasteiger partial charge in [-0.25, -0.2) is 4.79 Å². The Bertz CT molecular complexity index is 1350. The van der Waals surface area contributed by atoms with Crippen molar-refractivity contribution in [1.82, 2.24) is 5.32 Å². The number of carbonyl (C=O) groups is 3. The number of phenolic OH excluding ortho intramolecular Hbond substituents is 1. The van der Waals surface area contributed by atoms with E-state index in [0.29, 0.717) is 33.2 Å². The zero-order valence-corrected chi connectivity index (χ0v) is 24.1. The number of para-hydroxylation sites is 2. The number of nitrogens with one attached hydrogen (secondary N) is 2. The molecule has 0 saturated carbocycles. The molecular weight excluding hydrogens is 634 g/mol. The van der Waals surface area contributed by atoms with E-state index in [-0.39, 0.29) is 22.8 Å². The maximum Gasteiger partial charge on any atom is 0.414 e. The summed E-state index contributed by atoms with van der Waals surface area (Å²) in [7, 11) is 1.44. The fourth-order valence-corrected chi connectivity index (χ4v) is 4.93. The molecule has 0 bridgehead atoms. The Morgan fingerprint density at radius 1 is 1.05 bits per heavy atom. The van der Waals surface area contributed by atoms with Gasteiger partial charge < -0.3 is 25.6 Å². The lowest BCUT2D eigenvalue weighted by Gasteiger charge is -2.27. The fourth-order valence-electron chi connectivity index (χ4n) is 3.67. The number of hydrogen-bond donors (Lipinski definition) is 4. The Kier molecular flexibility index (Phi) is 11.1. The Morgan fingerprint density at radius 3 is 2.44 bits per heavy atom. The number of amides is 3. The molecule has 0 aliphatic carbocycles. The van der Waals surface area contributed by atoms with Crippen molar-refractivity contribution in [3.63, 3.8) is 0 Å². The zero-order chi connectivity index (χ0) is 28.4. The molecule has 11 heteroatoms. The molecule has 204 valence electrons. The summed E-state index contributed by atoms with van der Waals surface area (Å²) in [6.45, 7) is 0. The van der Waals surface area contributed by atoms with Gasteiger partial charge in [-0.05, 0) is 71.2 Å². The van der Waals surface area contributed by atoms with Crippen molar-refractivity contribution in [2.75, 3.05) is 18.2 Å². The van der Waals surface area contributed by atoms with Gasteiger partial charge >= 0.3 is 6.09 Å². The topological polar surface area (TPSA) is 140 Å². The number of hydrogen-bond acceptors (Lipinski definition) is 7. The highest BCUT2D eigenvalue weighted by atomic mass is 79.9. The third-order valence-corrected chi connectivity index (χ3v) is 6.66. The van der Waals surface area contributed by atoms with E-state index in [1.165, 1.54) is 13.2 Å². The number of imide groups is 1. The van der Waals surface area contributed by atoms with Crippen LogP contribution in [0, 0.1) is 0 Å². The molecule has 0 fully saturated rings. The molecule has 3 aromatic rings. The zero-order valence-electron chi connectivity index (χ0n) is 20.9. The first-order valence-corrected chi connectivity index (χ1v) is 13.4. The van der Waals surface area contributed by atoms with Gasteiger partial charge in [0.2, 0.25) is 5.91 Å². The monoisotopic (exact) mass is 659 g/mol. The van der Waals surface area contributed by atoms with Gasteiger partial charge in [0.15, 0.2) is 6.10 Å². The van der Waals surface area contributed by atoms with Gasteiger partial charge in [0.1, 0.15) is 5.75 Å². The van der Waals surface area contributed by atoms with Gasteiger partial charge in [0.25, 0.3) is 5.91 Å². The molecule has 0 radical (unpaired) electrons. The first kappa shape index (κ1) is 29.9. The van der Waals surface area contributed by atoms with E-state index in [4.69, 9.17) is 15.2 Å². The second-order valence-electron chi connectivity index (χ2n) is 8.30. The van der Waals surface area contributed by atoms with Crippen LogP contribution in [0.15, 0.2) is 87.8 Å². The van der Waals surface area contributed by atoms with Crippen LogP contribution in [0.25, 0.3) is 0 Å². The molecule has 0 unspecified atom stereocenters. The number of halogens is 2. The highest BCUT2D eigenvalue weighted by molar-refractivity contribution is 9.11. The number of phenols is 1. The summed E-state index contributed by atoms with van der Waals surface area (Å²) < 4.78 is 12.2. The van der Waals surface area contributed by atoms with Crippen molar-refractivity contribution in [1.29, 1.82) is 0 Å². The SMILES string of the molecule is CO[C@@H](CC/C=C/C(=O)Nc1ccccc1N)[C@@H](OC(=O)NC(=O)c1ccccc1)c1cc(Br)cc(Br)c1O. The molecule has 0 aliphatic heterocycles. The molecule has 2 atom stereocenters. The molecule has 0 aromatic heterocycles. The summed E-state index contributed by atoms with van der Waals surface area (Å²) in [4.78, 5) is 37.5. The minimum absolute atomic E-state index is 0.150. The van der Waals surface area contributed by atoms with Crippen molar-refractivity contribution in [3.05, 3.63) is 99.0 Å². The van der Waals surface area contributed by atoms with E-state index in [0.717, 1.165) is 0 Å². The smallest absolute Gasteiger partial charge is 0.414 e. The summed E-state index contributed by atoms with van der Waals surface area (Å²) in [5.41, 5.74) is 7.34. The van der Waals surface area contributed by atoms with Crippen molar-refractivity contribution >= 4 is 61.1 Å². The predicted molar refractivity (Wildman–Crippen MR) is 155 cm³/mol. The van der Waals surface area contributed by atoms with Gasteiger partial charge in [-0.3, -0.25) is 14.9 Å². The molecule has 3 amide bonds. The Hall–Kier alpha value is -3.67. The van der Waals surface area contributed by atoms with E-state index in [1.807, 2.05) is 0 Å². The molecule has 3 rings (SSSR count). The predicted octanol–water partition coefficient (Wildman–Crippen LogP) is 6.10. The molecule has 0 spiro atoms. The average molecular weight is 661 g/mol. The van der Waals surface area contributed by atoms with E-state index < -0.39 is 24.2 Å². The van der Waals surface area contributed by atoms with Crippen LogP contribution in [0.4, 0.5) is 16.2 Å². The Labute approximate surface area is 242 Å². The molecule has 0 heterocycles. The molecule has 5 N–H and O–H groups in total. The van der Waals surface area contributed by atoms with E-state index in [2.05, 4.69) is 42.5 Å². The normalized spacial score (nSPS) is 12.5. The van der Waals surface area contributed by atoms with E-state index >= 15 is 0 Å². The lowest BCUT2D eigenvalue weighted by atomic mass is 9.99.